The molecule has 1 heterocycles. The molecule has 41 heavy (non-hydrogen) atoms. The molecule has 4 bridgehead atoms. The molecule has 9 heteroatoms. The second-order valence-electron chi connectivity index (χ2n) is 12.1. The lowest BCUT2D eigenvalue weighted by atomic mass is 9.53. The number of aromatic nitrogens is 2. The Morgan fingerprint density at radius 3 is 2.32 bits per heavy atom. The zero-order valence-electron chi connectivity index (χ0n) is 23.5. The number of anilines is 1. The van der Waals surface area contributed by atoms with Crippen molar-refractivity contribution >= 4 is 17.8 Å². The van der Waals surface area contributed by atoms with Crippen LogP contribution in [0.15, 0.2) is 60.7 Å². The summed E-state index contributed by atoms with van der Waals surface area (Å²) < 4.78 is 20.5. The number of amides is 3. The molecule has 2 aromatic carbocycles. The predicted molar refractivity (Wildman–Crippen MR) is 155 cm³/mol. The Bertz CT molecular complexity index is 1340. The fraction of sp³-hybridized carbons (Fsp3) is 0.469. The highest BCUT2D eigenvalue weighted by Gasteiger charge is 2.51. The van der Waals surface area contributed by atoms with Crippen molar-refractivity contribution in [1.29, 1.82) is 0 Å². The molecule has 3 aromatic rings. The number of benzene rings is 2. The standard InChI is InChI=1S/C32H38FN5O3/c1-41-13-5-12-37(31(40)35-32-18-22-14-23(19-32)16-24(15-22)20-32)21-30(39)34-29-17-28(25-6-3-2-4-7-25)36-38(29)27-10-8-26(33)9-11-27/h2-4,6-11,17,22-24H,5,12-16,18-21H2,1H3,(H,34,39)(H,35,40). The first kappa shape index (κ1) is 27.4. The van der Waals surface area contributed by atoms with Crippen LogP contribution in [0, 0.1) is 23.6 Å². The molecule has 0 radical (unpaired) electrons. The van der Waals surface area contributed by atoms with E-state index in [0.717, 1.165) is 24.8 Å². The lowest BCUT2D eigenvalue weighted by Crippen LogP contribution is -2.62. The van der Waals surface area contributed by atoms with Gasteiger partial charge in [0, 0.05) is 37.4 Å². The lowest BCUT2D eigenvalue weighted by Gasteiger charge is -2.57. The normalized spacial score (nSPS) is 24.3. The molecule has 216 valence electrons. The monoisotopic (exact) mass is 559 g/mol. The van der Waals surface area contributed by atoms with Crippen molar-refractivity contribution in [2.75, 3.05) is 32.1 Å². The number of methoxy groups -OCH3 is 1. The number of halogens is 1. The van der Waals surface area contributed by atoms with Crippen LogP contribution < -0.4 is 10.6 Å². The van der Waals surface area contributed by atoms with Crippen LogP contribution in [0.1, 0.15) is 44.9 Å². The summed E-state index contributed by atoms with van der Waals surface area (Å²) in [7, 11) is 1.63. The lowest BCUT2D eigenvalue weighted by molar-refractivity contribution is -0.117. The average molecular weight is 560 g/mol. The number of hydrogen-bond donors (Lipinski definition) is 2. The van der Waals surface area contributed by atoms with E-state index in [2.05, 4.69) is 10.6 Å². The van der Waals surface area contributed by atoms with Crippen molar-refractivity contribution in [2.45, 2.75) is 50.5 Å². The van der Waals surface area contributed by atoms with Gasteiger partial charge in [0.25, 0.3) is 0 Å². The molecular formula is C32H38FN5O3. The quantitative estimate of drug-likeness (QED) is 0.315. The number of urea groups is 1. The Hall–Kier alpha value is -3.72. The van der Waals surface area contributed by atoms with E-state index in [-0.39, 0.29) is 29.8 Å². The van der Waals surface area contributed by atoms with Gasteiger partial charge in [-0.15, -0.1) is 0 Å². The van der Waals surface area contributed by atoms with Gasteiger partial charge >= 0.3 is 6.03 Å². The highest BCUT2D eigenvalue weighted by Crippen LogP contribution is 2.55. The van der Waals surface area contributed by atoms with Crippen LogP contribution in [-0.4, -0.2) is 59.0 Å². The molecule has 0 spiro atoms. The van der Waals surface area contributed by atoms with Gasteiger partial charge in [-0.05, 0) is 87.0 Å². The predicted octanol–water partition coefficient (Wildman–Crippen LogP) is 5.63. The zero-order valence-corrected chi connectivity index (χ0v) is 23.5. The maximum Gasteiger partial charge on any atom is 0.318 e. The zero-order chi connectivity index (χ0) is 28.4. The van der Waals surface area contributed by atoms with Gasteiger partial charge in [0.15, 0.2) is 0 Å². The SMILES string of the molecule is COCCCN(CC(=O)Nc1cc(-c2ccccc2)nn1-c1ccc(F)cc1)C(=O)NC12CC3CC(CC(C3)C1)C2. The number of carbonyl (C=O) groups excluding carboxylic acids is 2. The van der Waals surface area contributed by atoms with Crippen LogP contribution in [0.3, 0.4) is 0 Å². The molecule has 0 saturated heterocycles. The molecule has 2 N–H and O–H groups in total. The van der Waals surface area contributed by atoms with Gasteiger partial charge in [-0.3, -0.25) is 4.79 Å². The maximum absolute atomic E-state index is 13.7. The molecular weight excluding hydrogens is 521 g/mol. The smallest absolute Gasteiger partial charge is 0.318 e. The van der Waals surface area contributed by atoms with Crippen LogP contribution in [0.4, 0.5) is 15.0 Å². The van der Waals surface area contributed by atoms with Crippen molar-refractivity contribution < 1.29 is 18.7 Å². The molecule has 4 aliphatic carbocycles. The van der Waals surface area contributed by atoms with E-state index in [1.807, 2.05) is 30.3 Å². The summed E-state index contributed by atoms with van der Waals surface area (Å²) >= 11 is 0. The molecule has 8 nitrogen and oxygen atoms in total. The largest absolute Gasteiger partial charge is 0.385 e. The minimum Gasteiger partial charge on any atom is -0.385 e. The van der Waals surface area contributed by atoms with Crippen molar-refractivity contribution in [3.63, 3.8) is 0 Å². The fourth-order valence-electron chi connectivity index (χ4n) is 7.58. The van der Waals surface area contributed by atoms with Gasteiger partial charge in [-0.25, -0.2) is 13.9 Å². The first-order chi connectivity index (χ1) is 19.9. The van der Waals surface area contributed by atoms with E-state index in [4.69, 9.17) is 9.84 Å². The molecule has 4 fully saturated rings. The Morgan fingerprint density at radius 1 is 1.02 bits per heavy atom. The minimum absolute atomic E-state index is 0.100. The van der Waals surface area contributed by atoms with Crippen LogP contribution in [0.2, 0.25) is 0 Å². The van der Waals surface area contributed by atoms with Gasteiger partial charge in [0.2, 0.25) is 5.91 Å². The summed E-state index contributed by atoms with van der Waals surface area (Å²) in [6.45, 7) is 0.809. The van der Waals surface area contributed by atoms with E-state index >= 15 is 0 Å². The van der Waals surface area contributed by atoms with Gasteiger partial charge in [0.1, 0.15) is 18.2 Å². The van der Waals surface area contributed by atoms with Crippen LogP contribution in [0.25, 0.3) is 16.9 Å². The summed E-state index contributed by atoms with van der Waals surface area (Å²) in [6, 6.07) is 17.2. The van der Waals surface area contributed by atoms with Gasteiger partial charge < -0.3 is 20.3 Å². The summed E-state index contributed by atoms with van der Waals surface area (Å²) in [5, 5.41) is 11.1. The fourth-order valence-corrected chi connectivity index (χ4v) is 7.58. The topological polar surface area (TPSA) is 88.5 Å². The summed E-state index contributed by atoms with van der Waals surface area (Å²) in [6.07, 6.45) is 7.64. The van der Waals surface area contributed by atoms with Crippen molar-refractivity contribution in [3.05, 3.63) is 66.5 Å². The first-order valence-corrected chi connectivity index (χ1v) is 14.7. The second kappa shape index (κ2) is 11.6. The van der Waals surface area contributed by atoms with E-state index in [1.165, 1.54) is 31.4 Å². The third-order valence-corrected chi connectivity index (χ3v) is 8.93. The van der Waals surface area contributed by atoms with E-state index < -0.39 is 0 Å². The van der Waals surface area contributed by atoms with E-state index in [1.54, 1.807) is 34.9 Å². The highest BCUT2D eigenvalue weighted by molar-refractivity contribution is 5.94. The number of nitrogens with one attached hydrogen (secondary N) is 2. The van der Waals surface area contributed by atoms with Crippen molar-refractivity contribution in [3.8, 4) is 16.9 Å². The molecule has 0 unspecified atom stereocenters. The number of ether oxygens (including phenoxy) is 1. The van der Waals surface area contributed by atoms with Crippen LogP contribution in [-0.2, 0) is 9.53 Å². The Labute approximate surface area is 240 Å². The molecule has 1 aromatic heterocycles. The number of carbonyl (C=O) groups is 2. The second-order valence-corrected chi connectivity index (χ2v) is 12.1. The summed E-state index contributed by atoms with van der Waals surface area (Å²) in [4.78, 5) is 28.7. The number of hydrogen-bond acceptors (Lipinski definition) is 4. The third-order valence-electron chi connectivity index (χ3n) is 8.93. The third kappa shape index (κ3) is 6.15. The van der Waals surface area contributed by atoms with Gasteiger partial charge in [-0.2, -0.15) is 5.10 Å². The van der Waals surface area contributed by atoms with Crippen molar-refractivity contribution in [1.82, 2.24) is 20.0 Å². The first-order valence-electron chi connectivity index (χ1n) is 14.7. The summed E-state index contributed by atoms with van der Waals surface area (Å²) in [5.74, 6) is 1.88. The minimum atomic E-state index is -0.355. The molecule has 3 amide bonds. The molecule has 4 saturated carbocycles. The molecule has 0 atom stereocenters. The highest BCUT2D eigenvalue weighted by atomic mass is 19.1. The number of rotatable bonds is 10. The van der Waals surface area contributed by atoms with Gasteiger partial charge in [0.05, 0.1) is 11.4 Å². The molecule has 0 aliphatic heterocycles. The molecule has 7 rings (SSSR count). The summed E-state index contributed by atoms with van der Waals surface area (Å²) in [5.41, 5.74) is 2.02. The van der Waals surface area contributed by atoms with E-state index in [9.17, 15) is 14.0 Å². The van der Waals surface area contributed by atoms with Crippen LogP contribution >= 0.6 is 0 Å². The van der Waals surface area contributed by atoms with Crippen molar-refractivity contribution in [2.24, 2.45) is 17.8 Å². The van der Waals surface area contributed by atoms with E-state index in [0.29, 0.717) is 54.5 Å². The van der Waals surface area contributed by atoms with Crippen LogP contribution in [0.5, 0.6) is 0 Å². The average Bonchev–Trinajstić information content (AvgIpc) is 3.36. The van der Waals surface area contributed by atoms with Gasteiger partial charge in [-0.1, -0.05) is 30.3 Å². The Balaban J connectivity index is 1.20. The number of nitrogens with zero attached hydrogens (tertiary/aromatic N) is 3. The Kier molecular flexibility index (Phi) is 7.79. The Morgan fingerprint density at radius 2 is 1.68 bits per heavy atom. The maximum atomic E-state index is 13.7. The molecule has 4 aliphatic rings.